The van der Waals surface area contributed by atoms with Gasteiger partial charge in [0.25, 0.3) is 0 Å². The Hall–Kier alpha value is 0.387. The van der Waals surface area contributed by atoms with E-state index in [1.807, 2.05) is 6.92 Å². The third-order valence-corrected chi connectivity index (χ3v) is 6.96. The second kappa shape index (κ2) is 14.8. The van der Waals surface area contributed by atoms with Crippen LogP contribution < -0.4 is 0 Å². The first-order valence-electron chi connectivity index (χ1n) is 7.24. The zero-order chi connectivity index (χ0) is 14.3. The molecule has 0 aliphatic carbocycles. The molecule has 0 aromatic heterocycles. The Balaban J connectivity index is 3.09. The van der Waals surface area contributed by atoms with Crippen LogP contribution in [-0.4, -0.2) is 25.5 Å². The maximum absolute atomic E-state index is 11.0. The molecule has 0 saturated heterocycles. The van der Waals surface area contributed by atoms with Crippen molar-refractivity contribution in [1.82, 2.24) is 0 Å². The average molecular weight is 414 g/mol. The normalized spacial score (nSPS) is 12.0. The van der Waals surface area contributed by atoms with E-state index >= 15 is 0 Å². The van der Waals surface area contributed by atoms with E-state index in [4.69, 9.17) is 4.74 Å². The van der Waals surface area contributed by atoms with Crippen LogP contribution in [0.25, 0.3) is 0 Å². The summed E-state index contributed by atoms with van der Waals surface area (Å²) in [6.07, 6.45) is 12.0. The predicted octanol–water partition coefficient (Wildman–Crippen LogP) is 4.50. The molecule has 112 valence electrons. The van der Waals surface area contributed by atoms with Crippen LogP contribution in [0.2, 0.25) is 6.04 Å². The molecule has 0 amide bonds. The third kappa shape index (κ3) is 16.3. The molecular weight excluding hydrogens is 388 g/mol. The summed E-state index contributed by atoms with van der Waals surface area (Å²) in [4.78, 5) is 11.0. The standard InChI is InChI=1S/C14H26Br2O2Si/c1-2-10-13(17)18-11-8-6-4-3-5-7-9-12-19-14(15)16/h2,10,14H,3-9,11-12,19H2,1H3. The van der Waals surface area contributed by atoms with E-state index in [1.165, 1.54) is 50.6 Å². The van der Waals surface area contributed by atoms with Crippen LogP contribution >= 0.6 is 31.9 Å². The van der Waals surface area contributed by atoms with Gasteiger partial charge in [0.05, 0.1) is 9.97 Å². The highest BCUT2D eigenvalue weighted by molar-refractivity contribution is 9.25. The zero-order valence-corrected chi connectivity index (χ0v) is 16.5. The van der Waals surface area contributed by atoms with E-state index in [2.05, 4.69) is 31.9 Å². The largest absolute Gasteiger partial charge is 0.463 e. The number of carbonyl (C=O) groups excluding carboxylic acids is 1. The van der Waals surface area contributed by atoms with Gasteiger partial charge in [-0.2, -0.15) is 0 Å². The van der Waals surface area contributed by atoms with Gasteiger partial charge in [-0.25, -0.2) is 4.79 Å². The van der Waals surface area contributed by atoms with Crippen molar-refractivity contribution >= 4 is 47.3 Å². The lowest BCUT2D eigenvalue weighted by atomic mass is 10.1. The first-order chi connectivity index (χ1) is 9.16. The lowest BCUT2D eigenvalue weighted by molar-refractivity contribution is -0.137. The molecule has 0 N–H and O–H groups in total. The minimum absolute atomic E-state index is 0.0623. The second-order valence-electron chi connectivity index (χ2n) is 4.68. The average Bonchev–Trinajstić information content (AvgIpc) is 2.36. The fourth-order valence-corrected chi connectivity index (χ4v) is 4.71. The number of alkyl halides is 2. The summed E-state index contributed by atoms with van der Waals surface area (Å²) in [5, 5.41) is 0. The molecule has 0 aromatic carbocycles. The summed E-state index contributed by atoms with van der Waals surface area (Å²) in [6.45, 7) is 2.38. The van der Waals surface area contributed by atoms with Crippen molar-refractivity contribution in [2.75, 3.05) is 6.61 Å². The highest BCUT2D eigenvalue weighted by Gasteiger charge is 1.99. The van der Waals surface area contributed by atoms with Crippen molar-refractivity contribution in [2.45, 2.75) is 61.3 Å². The van der Waals surface area contributed by atoms with Crippen molar-refractivity contribution in [3.63, 3.8) is 0 Å². The van der Waals surface area contributed by atoms with Crippen molar-refractivity contribution in [3.05, 3.63) is 12.2 Å². The Kier molecular flexibility index (Phi) is 15.1. The van der Waals surface area contributed by atoms with Gasteiger partial charge in [0.15, 0.2) is 0 Å². The molecule has 0 rings (SSSR count). The predicted molar refractivity (Wildman–Crippen MR) is 93.1 cm³/mol. The van der Waals surface area contributed by atoms with Gasteiger partial charge in [-0.15, -0.1) is 0 Å². The van der Waals surface area contributed by atoms with Crippen molar-refractivity contribution in [3.8, 4) is 0 Å². The number of allylic oxidation sites excluding steroid dienone is 1. The fraction of sp³-hybridized carbons (Fsp3) is 0.786. The molecular formula is C14H26Br2O2Si. The van der Waals surface area contributed by atoms with Gasteiger partial charge in [-0.1, -0.05) is 82.5 Å². The summed E-state index contributed by atoms with van der Waals surface area (Å²) in [7, 11) is 0.0623. The van der Waals surface area contributed by atoms with Gasteiger partial charge >= 0.3 is 5.97 Å². The maximum atomic E-state index is 11.0. The number of rotatable bonds is 12. The van der Waals surface area contributed by atoms with Crippen LogP contribution in [0.5, 0.6) is 0 Å². The molecule has 0 fully saturated rings. The summed E-state index contributed by atoms with van der Waals surface area (Å²) in [5.41, 5.74) is 0. The number of halogens is 2. The molecule has 0 radical (unpaired) electrons. The van der Waals surface area contributed by atoms with Crippen molar-refractivity contribution in [1.29, 1.82) is 0 Å². The third-order valence-electron chi connectivity index (χ3n) is 2.86. The molecule has 19 heavy (non-hydrogen) atoms. The number of hydrogen-bond acceptors (Lipinski definition) is 2. The van der Waals surface area contributed by atoms with Gasteiger partial charge in [0, 0.05) is 15.6 Å². The maximum Gasteiger partial charge on any atom is 0.330 e. The topological polar surface area (TPSA) is 26.3 Å². The molecule has 0 atom stereocenters. The Labute approximate surface area is 136 Å². The van der Waals surface area contributed by atoms with Crippen LogP contribution in [0.3, 0.4) is 0 Å². The van der Waals surface area contributed by atoms with Gasteiger partial charge in [-0.05, 0) is 13.3 Å². The van der Waals surface area contributed by atoms with Crippen LogP contribution in [-0.2, 0) is 9.53 Å². The first-order valence-corrected chi connectivity index (χ1v) is 10.9. The molecule has 0 heterocycles. The van der Waals surface area contributed by atoms with Crippen LogP contribution in [0.15, 0.2) is 12.2 Å². The van der Waals surface area contributed by atoms with E-state index in [0.717, 1.165) is 6.42 Å². The minimum Gasteiger partial charge on any atom is -0.463 e. The first kappa shape index (κ1) is 19.4. The molecule has 2 nitrogen and oxygen atoms in total. The highest BCUT2D eigenvalue weighted by atomic mass is 79.9. The highest BCUT2D eigenvalue weighted by Crippen LogP contribution is 2.12. The Morgan fingerprint density at radius 3 is 2.26 bits per heavy atom. The number of ether oxygens (including phenoxy) is 1. The van der Waals surface area contributed by atoms with Gasteiger partial charge < -0.3 is 4.74 Å². The summed E-state index contributed by atoms with van der Waals surface area (Å²) in [5.74, 6) is -0.219. The van der Waals surface area contributed by atoms with Gasteiger partial charge in [-0.3, -0.25) is 0 Å². The molecule has 0 spiro atoms. The smallest absolute Gasteiger partial charge is 0.330 e. The molecule has 0 aromatic rings. The molecule has 5 heteroatoms. The number of carbonyl (C=O) groups is 1. The number of unbranched alkanes of at least 4 members (excludes halogenated alkanes) is 6. The lowest BCUT2D eigenvalue weighted by Gasteiger charge is -2.03. The van der Waals surface area contributed by atoms with E-state index in [0.29, 0.717) is 9.97 Å². The Morgan fingerprint density at radius 2 is 1.68 bits per heavy atom. The van der Waals surface area contributed by atoms with Crippen LogP contribution in [0.4, 0.5) is 0 Å². The minimum atomic E-state index is -0.219. The van der Waals surface area contributed by atoms with Gasteiger partial charge in [0.1, 0.15) is 0 Å². The summed E-state index contributed by atoms with van der Waals surface area (Å²) >= 11 is 7.10. The monoisotopic (exact) mass is 412 g/mol. The van der Waals surface area contributed by atoms with Crippen molar-refractivity contribution < 1.29 is 9.53 Å². The molecule has 0 aliphatic heterocycles. The summed E-state index contributed by atoms with van der Waals surface area (Å²) < 4.78 is 5.65. The fourth-order valence-electron chi connectivity index (χ4n) is 1.82. The van der Waals surface area contributed by atoms with E-state index < -0.39 is 0 Å². The molecule has 0 unspecified atom stereocenters. The van der Waals surface area contributed by atoms with Crippen LogP contribution in [0.1, 0.15) is 51.9 Å². The van der Waals surface area contributed by atoms with Crippen LogP contribution in [0, 0.1) is 0 Å². The summed E-state index contributed by atoms with van der Waals surface area (Å²) in [6, 6.07) is 1.43. The lowest BCUT2D eigenvalue weighted by Crippen LogP contribution is -2.01. The Bertz CT molecular complexity index is 246. The Morgan fingerprint density at radius 1 is 1.11 bits per heavy atom. The molecule has 0 aliphatic rings. The quantitative estimate of drug-likeness (QED) is 0.155. The van der Waals surface area contributed by atoms with E-state index in [1.54, 1.807) is 6.08 Å². The zero-order valence-electron chi connectivity index (χ0n) is 11.9. The SMILES string of the molecule is CC=CC(=O)OCCCCCCCCC[SiH2]C(Br)Br. The van der Waals surface area contributed by atoms with E-state index in [9.17, 15) is 4.79 Å². The number of hydrogen-bond donors (Lipinski definition) is 0. The number of esters is 1. The second-order valence-corrected chi connectivity index (χ2v) is 12.6. The molecule has 0 bridgehead atoms. The van der Waals surface area contributed by atoms with Gasteiger partial charge in [0.2, 0.25) is 0 Å². The van der Waals surface area contributed by atoms with E-state index in [-0.39, 0.29) is 15.5 Å². The van der Waals surface area contributed by atoms with Crippen molar-refractivity contribution in [2.24, 2.45) is 0 Å². The molecule has 0 saturated carbocycles.